The average molecular weight is 298 g/mol. The molecule has 1 aromatic heterocycles. The van der Waals surface area contributed by atoms with Crippen LogP contribution in [0.2, 0.25) is 0 Å². The van der Waals surface area contributed by atoms with Crippen molar-refractivity contribution in [3.8, 4) is 0 Å². The summed E-state index contributed by atoms with van der Waals surface area (Å²) in [4.78, 5) is 23.9. The van der Waals surface area contributed by atoms with Crippen LogP contribution in [0.3, 0.4) is 0 Å². The molecule has 0 unspecified atom stereocenters. The second-order valence-electron chi connectivity index (χ2n) is 5.46. The summed E-state index contributed by atoms with van der Waals surface area (Å²) < 4.78 is 5.19. The van der Waals surface area contributed by atoms with Gasteiger partial charge in [-0.05, 0) is 43.2 Å². The number of aryl methyl sites for hydroxylation is 1. The molecular weight excluding hydrogens is 280 g/mol. The van der Waals surface area contributed by atoms with Crippen molar-refractivity contribution in [2.24, 2.45) is 0 Å². The molecule has 0 atom stereocenters. The van der Waals surface area contributed by atoms with Crippen molar-refractivity contribution in [2.45, 2.75) is 31.7 Å². The quantitative estimate of drug-likeness (QED) is 0.861. The fraction of sp³-hybridized carbons (Fsp3) is 0.294. The van der Waals surface area contributed by atoms with Gasteiger partial charge in [0.2, 0.25) is 5.91 Å². The molecular formula is C17H18N2O3. The first-order valence-corrected chi connectivity index (χ1v) is 7.44. The SMILES string of the molecule is O=C(CCc1ccco1)Nc1cccc(C(=O)NC2CC2)c1. The van der Waals surface area contributed by atoms with Gasteiger partial charge in [0.05, 0.1) is 6.26 Å². The smallest absolute Gasteiger partial charge is 0.251 e. The molecule has 2 amide bonds. The third kappa shape index (κ3) is 3.97. The molecule has 114 valence electrons. The minimum atomic E-state index is -0.101. The zero-order valence-corrected chi connectivity index (χ0v) is 12.2. The van der Waals surface area contributed by atoms with Crippen LogP contribution in [-0.4, -0.2) is 17.9 Å². The summed E-state index contributed by atoms with van der Waals surface area (Å²) in [5.74, 6) is 0.595. The number of carbonyl (C=O) groups excluding carboxylic acids is 2. The summed E-state index contributed by atoms with van der Waals surface area (Å²) >= 11 is 0. The molecule has 0 radical (unpaired) electrons. The van der Waals surface area contributed by atoms with E-state index in [1.54, 1.807) is 36.6 Å². The first-order chi connectivity index (χ1) is 10.7. The maximum absolute atomic E-state index is 12.0. The number of benzene rings is 1. The number of hydrogen-bond donors (Lipinski definition) is 2. The van der Waals surface area contributed by atoms with Crippen molar-refractivity contribution in [2.75, 3.05) is 5.32 Å². The summed E-state index contributed by atoms with van der Waals surface area (Å²) in [6.07, 6.45) is 4.59. The van der Waals surface area contributed by atoms with Crippen LogP contribution in [0, 0.1) is 0 Å². The molecule has 1 aromatic carbocycles. The summed E-state index contributed by atoms with van der Waals surface area (Å²) in [6, 6.07) is 11.0. The Hall–Kier alpha value is -2.56. The molecule has 0 aliphatic heterocycles. The minimum Gasteiger partial charge on any atom is -0.469 e. The normalized spacial score (nSPS) is 13.6. The highest BCUT2D eigenvalue weighted by molar-refractivity contribution is 5.97. The molecule has 22 heavy (non-hydrogen) atoms. The highest BCUT2D eigenvalue weighted by Gasteiger charge is 2.23. The topological polar surface area (TPSA) is 71.3 Å². The molecule has 3 rings (SSSR count). The van der Waals surface area contributed by atoms with E-state index in [4.69, 9.17) is 4.42 Å². The molecule has 2 N–H and O–H groups in total. The van der Waals surface area contributed by atoms with E-state index in [1.165, 1.54) is 0 Å². The zero-order valence-electron chi connectivity index (χ0n) is 12.2. The fourth-order valence-corrected chi connectivity index (χ4v) is 2.15. The minimum absolute atomic E-state index is 0.0887. The van der Waals surface area contributed by atoms with Crippen molar-refractivity contribution in [3.63, 3.8) is 0 Å². The van der Waals surface area contributed by atoms with E-state index in [1.807, 2.05) is 6.07 Å². The largest absolute Gasteiger partial charge is 0.469 e. The van der Waals surface area contributed by atoms with Crippen molar-refractivity contribution in [1.29, 1.82) is 0 Å². The van der Waals surface area contributed by atoms with E-state index >= 15 is 0 Å². The number of nitrogens with one attached hydrogen (secondary N) is 2. The summed E-state index contributed by atoms with van der Waals surface area (Å²) in [5.41, 5.74) is 1.20. The number of anilines is 1. The van der Waals surface area contributed by atoms with Crippen molar-refractivity contribution < 1.29 is 14.0 Å². The molecule has 1 saturated carbocycles. The van der Waals surface area contributed by atoms with Gasteiger partial charge in [-0.15, -0.1) is 0 Å². The van der Waals surface area contributed by atoms with Gasteiger partial charge in [-0.3, -0.25) is 9.59 Å². The van der Waals surface area contributed by atoms with Gasteiger partial charge in [0.15, 0.2) is 0 Å². The number of rotatable bonds is 6. The van der Waals surface area contributed by atoms with Gasteiger partial charge in [-0.25, -0.2) is 0 Å². The number of amides is 2. The molecule has 1 heterocycles. The van der Waals surface area contributed by atoms with Crippen LogP contribution in [0.1, 0.15) is 35.4 Å². The van der Waals surface area contributed by atoms with Crippen molar-refractivity contribution in [3.05, 3.63) is 54.0 Å². The van der Waals surface area contributed by atoms with Crippen LogP contribution < -0.4 is 10.6 Å². The molecule has 1 aliphatic rings. The van der Waals surface area contributed by atoms with E-state index in [0.717, 1.165) is 18.6 Å². The Morgan fingerprint density at radius 1 is 1.18 bits per heavy atom. The van der Waals surface area contributed by atoms with E-state index in [9.17, 15) is 9.59 Å². The summed E-state index contributed by atoms with van der Waals surface area (Å²) in [6.45, 7) is 0. The lowest BCUT2D eigenvalue weighted by Gasteiger charge is -2.07. The Morgan fingerprint density at radius 2 is 2.05 bits per heavy atom. The van der Waals surface area contributed by atoms with Crippen LogP contribution in [0.4, 0.5) is 5.69 Å². The van der Waals surface area contributed by atoms with Crippen LogP contribution in [0.5, 0.6) is 0 Å². The molecule has 0 spiro atoms. The maximum atomic E-state index is 12.0. The van der Waals surface area contributed by atoms with Crippen LogP contribution in [0.25, 0.3) is 0 Å². The molecule has 5 nitrogen and oxygen atoms in total. The molecule has 5 heteroatoms. The monoisotopic (exact) mass is 298 g/mol. The molecule has 1 aliphatic carbocycles. The first-order valence-electron chi connectivity index (χ1n) is 7.44. The van der Waals surface area contributed by atoms with Gasteiger partial charge in [-0.1, -0.05) is 6.07 Å². The van der Waals surface area contributed by atoms with Gasteiger partial charge in [0.1, 0.15) is 5.76 Å². The van der Waals surface area contributed by atoms with E-state index in [0.29, 0.717) is 30.1 Å². The van der Waals surface area contributed by atoms with E-state index in [2.05, 4.69) is 10.6 Å². The highest BCUT2D eigenvalue weighted by atomic mass is 16.3. The van der Waals surface area contributed by atoms with Crippen LogP contribution >= 0.6 is 0 Å². The van der Waals surface area contributed by atoms with Crippen molar-refractivity contribution in [1.82, 2.24) is 5.32 Å². The molecule has 0 bridgehead atoms. The third-order valence-corrected chi connectivity index (χ3v) is 3.50. The van der Waals surface area contributed by atoms with Crippen LogP contribution in [-0.2, 0) is 11.2 Å². The molecule has 1 fully saturated rings. The Balaban J connectivity index is 1.54. The molecule has 0 saturated heterocycles. The lowest BCUT2D eigenvalue weighted by molar-refractivity contribution is -0.116. The fourth-order valence-electron chi connectivity index (χ4n) is 2.15. The van der Waals surface area contributed by atoms with Crippen LogP contribution in [0.15, 0.2) is 47.1 Å². The standard InChI is InChI=1S/C17H18N2O3/c20-16(9-8-15-5-2-10-22-15)18-14-4-1-3-12(11-14)17(21)19-13-6-7-13/h1-5,10-11,13H,6-9H2,(H,18,20)(H,19,21). The Bertz CT molecular complexity index is 660. The van der Waals surface area contributed by atoms with Gasteiger partial charge < -0.3 is 15.1 Å². The lowest BCUT2D eigenvalue weighted by atomic mass is 10.1. The van der Waals surface area contributed by atoms with E-state index in [-0.39, 0.29) is 11.8 Å². The Kier molecular flexibility index (Phi) is 4.23. The van der Waals surface area contributed by atoms with Gasteiger partial charge in [0.25, 0.3) is 5.91 Å². The van der Waals surface area contributed by atoms with E-state index < -0.39 is 0 Å². The molecule has 2 aromatic rings. The zero-order chi connectivity index (χ0) is 15.4. The summed E-state index contributed by atoms with van der Waals surface area (Å²) in [7, 11) is 0. The highest BCUT2D eigenvalue weighted by Crippen LogP contribution is 2.20. The predicted molar refractivity (Wildman–Crippen MR) is 82.6 cm³/mol. The number of carbonyl (C=O) groups is 2. The number of hydrogen-bond acceptors (Lipinski definition) is 3. The Morgan fingerprint density at radius 3 is 2.77 bits per heavy atom. The Labute approximate surface area is 128 Å². The van der Waals surface area contributed by atoms with Gasteiger partial charge >= 0.3 is 0 Å². The van der Waals surface area contributed by atoms with Gasteiger partial charge in [-0.2, -0.15) is 0 Å². The van der Waals surface area contributed by atoms with Gasteiger partial charge in [0, 0.05) is 30.1 Å². The first kappa shape index (κ1) is 14.4. The predicted octanol–water partition coefficient (Wildman–Crippen LogP) is 2.74. The lowest BCUT2D eigenvalue weighted by Crippen LogP contribution is -2.25. The average Bonchev–Trinajstić information content (AvgIpc) is 3.17. The second kappa shape index (κ2) is 6.47. The number of furan rings is 1. The second-order valence-corrected chi connectivity index (χ2v) is 5.46. The maximum Gasteiger partial charge on any atom is 0.251 e. The van der Waals surface area contributed by atoms with Crippen molar-refractivity contribution >= 4 is 17.5 Å². The third-order valence-electron chi connectivity index (χ3n) is 3.50. The summed E-state index contributed by atoms with van der Waals surface area (Å²) in [5, 5.41) is 5.74.